The van der Waals surface area contributed by atoms with Crippen LogP contribution < -0.4 is 10.6 Å². The zero-order chi connectivity index (χ0) is 37.2. The second kappa shape index (κ2) is 16.6. The van der Waals surface area contributed by atoms with Crippen LogP contribution >= 0.6 is 0 Å². The topological polar surface area (TPSA) is 137 Å². The summed E-state index contributed by atoms with van der Waals surface area (Å²) < 4.78 is 55.2. The number of anilines is 1. The maximum Gasteiger partial charge on any atom is 0.416 e. The van der Waals surface area contributed by atoms with E-state index in [1.165, 1.54) is 55.6 Å². The number of ether oxygens (including phenoxy) is 3. The molecular formula is C38H35F3N2O8. The summed E-state index contributed by atoms with van der Waals surface area (Å²) >= 11 is 0. The van der Waals surface area contributed by atoms with E-state index in [2.05, 4.69) is 10.6 Å². The Hall–Kier alpha value is -5.98. The summed E-state index contributed by atoms with van der Waals surface area (Å²) in [5, 5.41) is 5.16. The number of hydrogen-bond donors (Lipinski definition) is 2. The third-order valence-corrected chi connectivity index (χ3v) is 7.81. The van der Waals surface area contributed by atoms with Crippen molar-refractivity contribution in [2.75, 3.05) is 32.2 Å². The number of alkyl halides is 3. The number of benzene rings is 4. The molecule has 13 heteroatoms. The van der Waals surface area contributed by atoms with Gasteiger partial charge in [0.25, 0.3) is 11.8 Å². The fraction of sp³-hybridized carbons (Fsp3) is 0.237. The molecule has 0 atom stereocenters. The molecule has 4 aromatic rings. The Morgan fingerprint density at radius 1 is 0.667 bits per heavy atom. The van der Waals surface area contributed by atoms with Crippen molar-refractivity contribution >= 4 is 35.4 Å². The van der Waals surface area contributed by atoms with Crippen LogP contribution in [0, 0.1) is 0 Å². The maximum atomic E-state index is 13.5. The molecule has 0 radical (unpaired) electrons. The van der Waals surface area contributed by atoms with Crippen molar-refractivity contribution in [3.8, 4) is 11.1 Å². The molecule has 0 aliphatic carbocycles. The Morgan fingerprint density at radius 3 is 1.86 bits per heavy atom. The van der Waals surface area contributed by atoms with E-state index in [1.54, 1.807) is 50.2 Å². The highest BCUT2D eigenvalue weighted by atomic mass is 19.4. The fourth-order valence-corrected chi connectivity index (χ4v) is 5.25. The molecular weight excluding hydrogens is 669 g/mol. The second-order valence-electron chi connectivity index (χ2n) is 11.1. The van der Waals surface area contributed by atoms with Crippen LogP contribution in [0.1, 0.15) is 51.3 Å². The monoisotopic (exact) mass is 704 g/mol. The summed E-state index contributed by atoms with van der Waals surface area (Å²) in [6.45, 7) is 2.32. The minimum Gasteiger partial charge on any atom is -0.465 e. The highest BCUT2D eigenvalue weighted by Gasteiger charge is 2.52. The van der Waals surface area contributed by atoms with Crippen LogP contribution in [0.4, 0.5) is 18.9 Å². The van der Waals surface area contributed by atoms with Crippen LogP contribution in [0.3, 0.4) is 0 Å². The van der Waals surface area contributed by atoms with Gasteiger partial charge in [-0.05, 0) is 66.4 Å². The van der Waals surface area contributed by atoms with Crippen molar-refractivity contribution in [3.63, 3.8) is 0 Å². The van der Waals surface area contributed by atoms with Crippen molar-refractivity contribution in [1.29, 1.82) is 0 Å². The summed E-state index contributed by atoms with van der Waals surface area (Å²) in [5.41, 5.74) is -1.46. The molecule has 266 valence electrons. The molecule has 0 fully saturated rings. The summed E-state index contributed by atoms with van der Waals surface area (Å²) in [5.74, 6) is -3.98. The molecule has 0 aliphatic rings. The molecule has 0 heterocycles. The van der Waals surface area contributed by atoms with Crippen molar-refractivity contribution in [2.45, 2.75) is 31.9 Å². The molecule has 51 heavy (non-hydrogen) atoms. The number of nitrogens with one attached hydrogen (secondary N) is 2. The molecule has 0 bridgehead atoms. The molecule has 0 aromatic heterocycles. The maximum absolute atomic E-state index is 13.5. The van der Waals surface area contributed by atoms with Gasteiger partial charge in [0.15, 0.2) is 0 Å². The van der Waals surface area contributed by atoms with Crippen LogP contribution in [-0.4, -0.2) is 56.6 Å². The van der Waals surface area contributed by atoms with Gasteiger partial charge in [-0.2, -0.15) is 13.2 Å². The van der Waals surface area contributed by atoms with Crippen molar-refractivity contribution in [2.24, 2.45) is 0 Å². The van der Waals surface area contributed by atoms with Crippen LogP contribution in [0.2, 0.25) is 0 Å². The van der Waals surface area contributed by atoms with Crippen LogP contribution in [0.15, 0.2) is 97.1 Å². The van der Waals surface area contributed by atoms with Gasteiger partial charge < -0.3 is 24.8 Å². The lowest BCUT2D eigenvalue weighted by Crippen LogP contribution is -2.50. The molecule has 2 N–H and O–H groups in total. The normalized spacial score (nSPS) is 11.3. The van der Waals surface area contributed by atoms with Gasteiger partial charge in [-0.25, -0.2) is 0 Å². The van der Waals surface area contributed by atoms with Gasteiger partial charge in [-0.3, -0.25) is 24.0 Å². The molecule has 4 aromatic carbocycles. The Labute approximate surface area is 291 Å². The van der Waals surface area contributed by atoms with Gasteiger partial charge in [-0.15, -0.1) is 0 Å². The van der Waals surface area contributed by atoms with Gasteiger partial charge >= 0.3 is 24.1 Å². The quantitative estimate of drug-likeness (QED) is 0.0964. The molecule has 0 saturated carbocycles. The van der Waals surface area contributed by atoms with E-state index in [0.717, 1.165) is 12.1 Å². The Kier molecular flexibility index (Phi) is 12.3. The van der Waals surface area contributed by atoms with E-state index in [1.807, 2.05) is 0 Å². The Balaban J connectivity index is 1.57. The van der Waals surface area contributed by atoms with Crippen molar-refractivity contribution in [3.05, 3.63) is 125 Å². The molecule has 0 spiro atoms. The standard InChI is InChI=1S/C38H35F3N2O8/c1-4-49-35(47)37(36(48)50-5-2,26-11-7-6-8-12-26)23-51-32(44)22-24-15-20-31(30(21-24)33(45)42-3)43-34(46)29-14-10-9-13-28(29)25-16-18-27(19-17-25)38(39,40)41/h6-21H,4-5,22-23H2,1-3H3,(H,42,45)(H,43,46). The number of carbonyl (C=O) groups excluding carboxylic acids is 5. The van der Waals surface area contributed by atoms with E-state index >= 15 is 0 Å². The van der Waals surface area contributed by atoms with Gasteiger partial charge in [0, 0.05) is 12.6 Å². The van der Waals surface area contributed by atoms with Crippen LogP contribution in [-0.2, 0) is 46.6 Å². The minimum atomic E-state index is -4.52. The molecule has 0 unspecified atom stereocenters. The summed E-state index contributed by atoms with van der Waals surface area (Å²) in [7, 11) is 1.38. The second-order valence-corrected chi connectivity index (χ2v) is 11.1. The number of carbonyl (C=O) groups is 5. The van der Waals surface area contributed by atoms with Crippen LogP contribution in [0.5, 0.6) is 0 Å². The predicted octanol–water partition coefficient (Wildman–Crippen LogP) is 6.13. The highest BCUT2D eigenvalue weighted by Crippen LogP contribution is 2.33. The number of esters is 3. The first-order chi connectivity index (χ1) is 24.3. The molecule has 10 nitrogen and oxygen atoms in total. The number of rotatable bonds is 13. The number of hydrogen-bond acceptors (Lipinski definition) is 8. The third kappa shape index (κ3) is 8.79. The largest absolute Gasteiger partial charge is 0.465 e. The van der Waals surface area contributed by atoms with Crippen molar-refractivity contribution < 1.29 is 51.4 Å². The average molecular weight is 705 g/mol. The smallest absolute Gasteiger partial charge is 0.416 e. The summed E-state index contributed by atoms with van der Waals surface area (Å²) in [6.07, 6.45) is -4.90. The fourth-order valence-electron chi connectivity index (χ4n) is 5.25. The highest BCUT2D eigenvalue weighted by molar-refractivity contribution is 6.12. The lowest BCUT2D eigenvalue weighted by molar-refractivity contribution is -0.170. The van der Waals surface area contributed by atoms with E-state index < -0.39 is 53.5 Å². The summed E-state index contributed by atoms with van der Waals surface area (Å²) in [6, 6.07) is 22.9. The van der Waals surface area contributed by atoms with Gasteiger partial charge in [-0.1, -0.05) is 66.7 Å². The zero-order valence-electron chi connectivity index (χ0n) is 28.0. The predicted molar refractivity (Wildman–Crippen MR) is 181 cm³/mol. The van der Waals surface area contributed by atoms with Gasteiger partial charge in [0.05, 0.1) is 36.4 Å². The van der Waals surface area contributed by atoms with Crippen molar-refractivity contribution in [1.82, 2.24) is 5.32 Å². The Bertz CT molecular complexity index is 1880. The lowest BCUT2D eigenvalue weighted by atomic mass is 9.81. The minimum absolute atomic E-state index is 0.000147. The first-order valence-corrected chi connectivity index (χ1v) is 15.8. The van der Waals surface area contributed by atoms with E-state index in [0.29, 0.717) is 16.7 Å². The first kappa shape index (κ1) is 37.8. The molecule has 0 aliphatic heterocycles. The molecule has 2 amide bonds. The van der Waals surface area contributed by atoms with E-state index in [9.17, 15) is 37.1 Å². The Morgan fingerprint density at radius 2 is 1.27 bits per heavy atom. The number of halogens is 3. The SMILES string of the molecule is CCOC(=O)C(COC(=O)Cc1ccc(NC(=O)c2ccccc2-c2ccc(C(F)(F)F)cc2)c(C(=O)NC)c1)(C(=O)OCC)c1ccccc1. The average Bonchev–Trinajstić information content (AvgIpc) is 3.12. The van der Waals surface area contributed by atoms with E-state index in [4.69, 9.17) is 14.2 Å². The third-order valence-electron chi connectivity index (χ3n) is 7.81. The molecule has 0 saturated heterocycles. The van der Waals surface area contributed by atoms with Gasteiger partial charge in [0.2, 0.25) is 5.41 Å². The van der Waals surface area contributed by atoms with E-state index in [-0.39, 0.29) is 42.0 Å². The number of amides is 2. The first-order valence-electron chi connectivity index (χ1n) is 15.8. The lowest BCUT2D eigenvalue weighted by Gasteiger charge is -2.29. The van der Waals surface area contributed by atoms with Gasteiger partial charge in [0.1, 0.15) is 6.61 Å². The summed E-state index contributed by atoms with van der Waals surface area (Å²) in [4.78, 5) is 66.0. The zero-order valence-corrected chi connectivity index (χ0v) is 28.0. The molecule has 4 rings (SSSR count). The van der Waals surface area contributed by atoms with Crippen LogP contribution in [0.25, 0.3) is 11.1 Å².